The zero-order valence-electron chi connectivity index (χ0n) is 14.0. The van der Waals surface area contributed by atoms with Gasteiger partial charge in [0.05, 0.1) is 5.75 Å². The fraction of sp³-hybridized carbons (Fsp3) is 0.647. The van der Waals surface area contributed by atoms with Crippen molar-refractivity contribution in [1.29, 1.82) is 0 Å². The topological polar surface area (TPSA) is 40.6 Å². The van der Waals surface area contributed by atoms with Crippen LogP contribution in [-0.2, 0) is 16.4 Å². The molecule has 0 spiro atoms. The van der Waals surface area contributed by atoms with Crippen molar-refractivity contribution in [3.8, 4) is 0 Å². The molecule has 4 nitrogen and oxygen atoms in total. The zero-order chi connectivity index (χ0) is 16.2. The molecule has 0 radical (unpaired) electrons. The first-order chi connectivity index (χ1) is 10.5. The van der Waals surface area contributed by atoms with Gasteiger partial charge in [-0.2, -0.15) is 4.31 Å². The second-order valence-corrected chi connectivity index (χ2v) is 8.08. The number of rotatable bonds is 6. The van der Waals surface area contributed by atoms with Crippen LogP contribution < -0.4 is 4.90 Å². The normalized spacial score (nSPS) is 17.0. The van der Waals surface area contributed by atoms with Gasteiger partial charge in [0.25, 0.3) is 0 Å². The number of hydrogen-bond acceptors (Lipinski definition) is 3. The van der Waals surface area contributed by atoms with Crippen LogP contribution in [0.15, 0.2) is 18.2 Å². The fourth-order valence-electron chi connectivity index (χ4n) is 3.10. The van der Waals surface area contributed by atoms with Crippen molar-refractivity contribution < 1.29 is 8.42 Å². The Morgan fingerprint density at radius 2 is 1.77 bits per heavy atom. The van der Waals surface area contributed by atoms with E-state index in [1.807, 2.05) is 6.92 Å². The molecular formula is C17H28N2O2S. The predicted molar refractivity (Wildman–Crippen MR) is 93.0 cm³/mol. The largest absolute Gasteiger partial charge is 0.368 e. The second-order valence-electron chi connectivity index (χ2n) is 5.99. The molecule has 5 heteroatoms. The molecular weight excluding hydrogens is 296 g/mol. The van der Waals surface area contributed by atoms with Gasteiger partial charge in [-0.3, -0.25) is 0 Å². The molecule has 2 rings (SSSR count). The van der Waals surface area contributed by atoms with Crippen LogP contribution in [0.25, 0.3) is 0 Å². The summed E-state index contributed by atoms with van der Waals surface area (Å²) in [5.74, 6) is 0.286. The molecule has 0 unspecified atom stereocenters. The van der Waals surface area contributed by atoms with E-state index < -0.39 is 10.0 Å². The molecule has 124 valence electrons. The molecule has 1 heterocycles. The zero-order valence-corrected chi connectivity index (χ0v) is 14.8. The van der Waals surface area contributed by atoms with Crippen molar-refractivity contribution >= 4 is 15.7 Å². The molecule has 0 saturated carbocycles. The quantitative estimate of drug-likeness (QED) is 0.808. The van der Waals surface area contributed by atoms with Gasteiger partial charge in [-0.15, -0.1) is 0 Å². The number of anilines is 1. The number of hydrogen-bond donors (Lipinski definition) is 0. The minimum absolute atomic E-state index is 0.286. The summed E-state index contributed by atoms with van der Waals surface area (Å²) in [6.07, 6.45) is 2.68. The van der Waals surface area contributed by atoms with Crippen LogP contribution in [0, 0.1) is 6.92 Å². The number of aryl methyl sites for hydroxylation is 2. The van der Waals surface area contributed by atoms with E-state index in [1.54, 1.807) is 4.31 Å². The van der Waals surface area contributed by atoms with E-state index >= 15 is 0 Å². The number of para-hydroxylation sites is 1. The van der Waals surface area contributed by atoms with Gasteiger partial charge in [0, 0.05) is 31.9 Å². The maximum atomic E-state index is 12.3. The summed E-state index contributed by atoms with van der Waals surface area (Å²) in [6.45, 7) is 9.10. The SMILES string of the molecule is CCCCS(=O)(=O)N1CCN(c2c(C)cccc2CC)CC1. The number of piperazine rings is 1. The first-order valence-electron chi connectivity index (χ1n) is 8.30. The molecule has 1 fully saturated rings. The summed E-state index contributed by atoms with van der Waals surface area (Å²) in [6, 6.07) is 6.41. The van der Waals surface area contributed by atoms with Crippen molar-refractivity contribution in [3.63, 3.8) is 0 Å². The average Bonchev–Trinajstić information content (AvgIpc) is 2.53. The van der Waals surface area contributed by atoms with Gasteiger partial charge in [-0.1, -0.05) is 38.5 Å². The standard InChI is InChI=1S/C17H28N2O2S/c1-4-6-14-22(20,21)19-12-10-18(11-13-19)17-15(3)8-7-9-16(17)5-2/h7-9H,4-6,10-14H2,1-3H3. The van der Waals surface area contributed by atoms with E-state index in [1.165, 1.54) is 16.8 Å². The van der Waals surface area contributed by atoms with Gasteiger partial charge < -0.3 is 4.90 Å². The second kappa shape index (κ2) is 7.47. The van der Waals surface area contributed by atoms with Gasteiger partial charge in [-0.25, -0.2) is 8.42 Å². The van der Waals surface area contributed by atoms with Crippen LogP contribution in [0.5, 0.6) is 0 Å². The van der Waals surface area contributed by atoms with Crippen molar-refractivity contribution in [1.82, 2.24) is 4.31 Å². The molecule has 1 aliphatic heterocycles. The monoisotopic (exact) mass is 324 g/mol. The lowest BCUT2D eigenvalue weighted by molar-refractivity contribution is 0.384. The summed E-state index contributed by atoms with van der Waals surface area (Å²) in [4.78, 5) is 2.35. The lowest BCUT2D eigenvalue weighted by Gasteiger charge is -2.37. The Morgan fingerprint density at radius 1 is 1.09 bits per heavy atom. The molecule has 0 bridgehead atoms. The fourth-order valence-corrected chi connectivity index (χ4v) is 4.73. The summed E-state index contributed by atoms with van der Waals surface area (Å²) in [5.41, 5.74) is 3.93. The maximum Gasteiger partial charge on any atom is 0.214 e. The maximum absolute atomic E-state index is 12.3. The smallest absolute Gasteiger partial charge is 0.214 e. The van der Waals surface area contributed by atoms with Crippen LogP contribution in [0.3, 0.4) is 0 Å². The van der Waals surface area contributed by atoms with Gasteiger partial charge >= 0.3 is 0 Å². The van der Waals surface area contributed by atoms with Gasteiger partial charge in [-0.05, 0) is 30.9 Å². The van der Waals surface area contributed by atoms with Crippen molar-refractivity contribution in [3.05, 3.63) is 29.3 Å². The van der Waals surface area contributed by atoms with Crippen molar-refractivity contribution in [2.24, 2.45) is 0 Å². The molecule has 0 amide bonds. The minimum Gasteiger partial charge on any atom is -0.368 e. The third-order valence-electron chi connectivity index (χ3n) is 4.41. The number of nitrogens with zero attached hydrogens (tertiary/aromatic N) is 2. The molecule has 1 aliphatic rings. The lowest BCUT2D eigenvalue weighted by Crippen LogP contribution is -2.49. The lowest BCUT2D eigenvalue weighted by atomic mass is 10.0. The molecule has 0 atom stereocenters. The summed E-state index contributed by atoms with van der Waals surface area (Å²) in [5, 5.41) is 0. The first kappa shape index (κ1) is 17.3. The minimum atomic E-state index is -3.07. The van der Waals surface area contributed by atoms with E-state index in [2.05, 4.69) is 36.9 Å². The van der Waals surface area contributed by atoms with Crippen molar-refractivity contribution in [2.45, 2.75) is 40.0 Å². The Balaban J connectivity index is 2.07. The van der Waals surface area contributed by atoms with Gasteiger partial charge in [0.1, 0.15) is 0 Å². The highest BCUT2D eigenvalue weighted by atomic mass is 32.2. The van der Waals surface area contributed by atoms with E-state index in [0.29, 0.717) is 13.1 Å². The van der Waals surface area contributed by atoms with Crippen LogP contribution in [-0.4, -0.2) is 44.7 Å². The van der Waals surface area contributed by atoms with Crippen molar-refractivity contribution in [2.75, 3.05) is 36.8 Å². The molecule has 1 aromatic carbocycles. The van der Waals surface area contributed by atoms with E-state index in [0.717, 1.165) is 32.4 Å². The van der Waals surface area contributed by atoms with Gasteiger partial charge in [0.2, 0.25) is 10.0 Å². The average molecular weight is 324 g/mol. The summed E-state index contributed by atoms with van der Waals surface area (Å²) in [7, 11) is -3.07. The molecule has 22 heavy (non-hydrogen) atoms. The number of benzene rings is 1. The number of sulfonamides is 1. The Bertz CT molecular complexity index is 591. The van der Waals surface area contributed by atoms with E-state index in [-0.39, 0.29) is 5.75 Å². The Kier molecular flexibility index (Phi) is 5.87. The van der Waals surface area contributed by atoms with E-state index in [9.17, 15) is 8.42 Å². The molecule has 0 N–H and O–H groups in total. The third kappa shape index (κ3) is 3.82. The highest BCUT2D eigenvalue weighted by Gasteiger charge is 2.27. The van der Waals surface area contributed by atoms with Crippen LogP contribution in [0.2, 0.25) is 0 Å². The Labute approximate surface area is 135 Å². The summed E-state index contributed by atoms with van der Waals surface area (Å²) >= 11 is 0. The van der Waals surface area contributed by atoms with Crippen LogP contribution >= 0.6 is 0 Å². The summed E-state index contributed by atoms with van der Waals surface area (Å²) < 4.78 is 26.2. The molecule has 0 aromatic heterocycles. The van der Waals surface area contributed by atoms with Gasteiger partial charge in [0.15, 0.2) is 0 Å². The Hall–Kier alpha value is -1.07. The molecule has 0 aliphatic carbocycles. The third-order valence-corrected chi connectivity index (χ3v) is 6.36. The molecule has 1 aromatic rings. The van der Waals surface area contributed by atoms with Crippen LogP contribution in [0.4, 0.5) is 5.69 Å². The first-order valence-corrected chi connectivity index (χ1v) is 9.91. The van der Waals surface area contributed by atoms with E-state index in [4.69, 9.17) is 0 Å². The number of unbranched alkanes of at least 4 members (excludes halogenated alkanes) is 1. The predicted octanol–water partition coefficient (Wildman–Crippen LogP) is 2.81. The molecule has 1 saturated heterocycles. The Morgan fingerprint density at radius 3 is 2.36 bits per heavy atom. The highest BCUT2D eigenvalue weighted by molar-refractivity contribution is 7.89. The van der Waals surface area contributed by atoms with Crippen LogP contribution in [0.1, 0.15) is 37.8 Å². The highest BCUT2D eigenvalue weighted by Crippen LogP contribution is 2.27.